The third-order valence-corrected chi connectivity index (χ3v) is 3.42. The Kier molecular flexibility index (Phi) is 2.60. The normalized spacial score (nSPS) is 10.9. The van der Waals surface area contributed by atoms with Crippen LogP contribution in [0.5, 0.6) is 0 Å². The van der Waals surface area contributed by atoms with Crippen LogP contribution in [0.3, 0.4) is 0 Å². The van der Waals surface area contributed by atoms with Crippen LogP contribution in [0.1, 0.15) is 5.82 Å². The van der Waals surface area contributed by atoms with E-state index in [1.54, 1.807) is 33.1 Å². The predicted octanol–water partition coefficient (Wildman–Crippen LogP) is 1.37. The van der Waals surface area contributed by atoms with E-state index in [9.17, 15) is 0 Å². The van der Waals surface area contributed by atoms with Gasteiger partial charge in [-0.05, 0) is 11.4 Å². The van der Waals surface area contributed by atoms with Gasteiger partial charge in [0.2, 0.25) is 0 Å². The van der Waals surface area contributed by atoms with E-state index in [4.69, 9.17) is 5.73 Å². The SMILES string of the molecule is Cn1nc(-c2cccs2)nc1Cn1cc(N)cn1. The van der Waals surface area contributed by atoms with E-state index < -0.39 is 0 Å². The van der Waals surface area contributed by atoms with Crippen LogP contribution >= 0.6 is 11.3 Å². The number of nitrogens with zero attached hydrogens (tertiary/aromatic N) is 5. The van der Waals surface area contributed by atoms with Gasteiger partial charge < -0.3 is 5.73 Å². The Morgan fingerprint density at radius 1 is 1.44 bits per heavy atom. The monoisotopic (exact) mass is 260 g/mol. The molecule has 0 bridgehead atoms. The molecule has 0 aliphatic rings. The van der Waals surface area contributed by atoms with Gasteiger partial charge in [-0.2, -0.15) is 10.2 Å². The van der Waals surface area contributed by atoms with E-state index in [-0.39, 0.29) is 0 Å². The van der Waals surface area contributed by atoms with Gasteiger partial charge in [0, 0.05) is 13.2 Å². The largest absolute Gasteiger partial charge is 0.396 e. The van der Waals surface area contributed by atoms with Crippen molar-refractivity contribution >= 4 is 17.0 Å². The third kappa shape index (κ3) is 2.00. The minimum atomic E-state index is 0.562. The van der Waals surface area contributed by atoms with E-state index in [2.05, 4.69) is 15.2 Å². The van der Waals surface area contributed by atoms with Crippen LogP contribution in [-0.2, 0) is 13.6 Å². The minimum Gasteiger partial charge on any atom is -0.396 e. The summed E-state index contributed by atoms with van der Waals surface area (Å²) in [6.07, 6.45) is 3.40. The number of hydrogen-bond donors (Lipinski definition) is 1. The predicted molar refractivity (Wildman–Crippen MR) is 70.1 cm³/mol. The van der Waals surface area contributed by atoms with Crippen molar-refractivity contribution in [3.63, 3.8) is 0 Å². The van der Waals surface area contributed by atoms with Crippen LogP contribution in [0.25, 0.3) is 10.7 Å². The molecule has 2 N–H and O–H groups in total. The molecule has 92 valence electrons. The number of aryl methyl sites for hydroxylation is 1. The topological polar surface area (TPSA) is 74.5 Å². The van der Waals surface area contributed by atoms with E-state index in [0.717, 1.165) is 16.5 Å². The van der Waals surface area contributed by atoms with E-state index in [1.807, 2.05) is 24.6 Å². The second-order valence-corrected chi connectivity index (χ2v) is 4.87. The molecule has 0 spiro atoms. The highest BCUT2D eigenvalue weighted by Crippen LogP contribution is 2.21. The maximum atomic E-state index is 5.63. The maximum Gasteiger partial charge on any atom is 0.191 e. The fourth-order valence-corrected chi connectivity index (χ4v) is 2.33. The molecule has 0 saturated carbocycles. The van der Waals surface area contributed by atoms with Gasteiger partial charge in [0.25, 0.3) is 0 Å². The molecule has 3 heterocycles. The highest BCUT2D eigenvalue weighted by atomic mass is 32.1. The van der Waals surface area contributed by atoms with Gasteiger partial charge in [-0.1, -0.05) is 6.07 Å². The van der Waals surface area contributed by atoms with Crippen LogP contribution in [0, 0.1) is 0 Å². The van der Waals surface area contributed by atoms with Crippen molar-refractivity contribution in [3.05, 3.63) is 35.7 Å². The number of rotatable bonds is 3. The molecule has 0 fully saturated rings. The van der Waals surface area contributed by atoms with Crippen molar-refractivity contribution in [2.45, 2.75) is 6.54 Å². The van der Waals surface area contributed by atoms with Crippen molar-refractivity contribution in [2.24, 2.45) is 7.05 Å². The number of anilines is 1. The summed E-state index contributed by atoms with van der Waals surface area (Å²) in [4.78, 5) is 5.58. The highest BCUT2D eigenvalue weighted by molar-refractivity contribution is 7.13. The number of hydrogen-bond acceptors (Lipinski definition) is 5. The summed E-state index contributed by atoms with van der Waals surface area (Å²) in [6.45, 7) is 0.562. The lowest BCUT2D eigenvalue weighted by atomic mass is 10.4. The zero-order chi connectivity index (χ0) is 12.5. The second kappa shape index (κ2) is 4.26. The molecule has 0 aliphatic carbocycles. The molecule has 3 rings (SSSR count). The number of thiophene rings is 1. The summed E-state index contributed by atoms with van der Waals surface area (Å²) < 4.78 is 3.52. The lowest BCUT2D eigenvalue weighted by Gasteiger charge is -1.99. The number of aromatic nitrogens is 5. The molecule has 18 heavy (non-hydrogen) atoms. The Balaban J connectivity index is 1.89. The van der Waals surface area contributed by atoms with Gasteiger partial charge in [-0.3, -0.25) is 9.36 Å². The van der Waals surface area contributed by atoms with Gasteiger partial charge in [-0.15, -0.1) is 11.3 Å². The van der Waals surface area contributed by atoms with Gasteiger partial charge in [0.05, 0.1) is 16.8 Å². The lowest BCUT2D eigenvalue weighted by molar-refractivity contribution is 0.608. The molecule has 0 aliphatic heterocycles. The molecule has 0 saturated heterocycles. The minimum absolute atomic E-state index is 0.562. The third-order valence-electron chi connectivity index (χ3n) is 2.55. The molecular weight excluding hydrogens is 248 g/mol. The maximum absolute atomic E-state index is 5.63. The van der Waals surface area contributed by atoms with Gasteiger partial charge >= 0.3 is 0 Å². The standard InChI is InChI=1S/C11H12N6S/c1-16-10(7-17-6-8(12)5-13-17)14-11(15-16)9-3-2-4-18-9/h2-6H,7,12H2,1H3. The number of nitrogen functional groups attached to an aromatic ring is 1. The molecular formula is C11H12N6S. The molecule has 0 unspecified atom stereocenters. The number of nitrogens with two attached hydrogens (primary N) is 1. The molecule has 3 aromatic rings. The van der Waals surface area contributed by atoms with Gasteiger partial charge in [0.1, 0.15) is 12.4 Å². The van der Waals surface area contributed by atoms with Crippen LogP contribution in [0.4, 0.5) is 5.69 Å². The fraction of sp³-hybridized carbons (Fsp3) is 0.182. The smallest absolute Gasteiger partial charge is 0.191 e. The first kappa shape index (κ1) is 11.0. The Bertz CT molecular complexity index is 651. The first-order chi connectivity index (χ1) is 8.72. The molecule has 6 nitrogen and oxygen atoms in total. The molecule has 0 radical (unpaired) electrons. The van der Waals surface area contributed by atoms with Crippen LogP contribution in [0.15, 0.2) is 29.9 Å². The van der Waals surface area contributed by atoms with E-state index in [0.29, 0.717) is 12.2 Å². The zero-order valence-electron chi connectivity index (χ0n) is 9.82. The summed E-state index contributed by atoms with van der Waals surface area (Å²) in [5.41, 5.74) is 6.28. The van der Waals surface area contributed by atoms with E-state index >= 15 is 0 Å². The summed E-state index contributed by atoms with van der Waals surface area (Å²) in [7, 11) is 1.88. The van der Waals surface area contributed by atoms with Crippen molar-refractivity contribution in [1.82, 2.24) is 24.5 Å². The van der Waals surface area contributed by atoms with Crippen LogP contribution < -0.4 is 5.73 Å². The molecule has 0 amide bonds. The van der Waals surface area contributed by atoms with Crippen molar-refractivity contribution < 1.29 is 0 Å². The van der Waals surface area contributed by atoms with Gasteiger partial charge in [-0.25, -0.2) is 4.98 Å². The van der Waals surface area contributed by atoms with E-state index in [1.165, 1.54) is 0 Å². The van der Waals surface area contributed by atoms with Crippen molar-refractivity contribution in [3.8, 4) is 10.7 Å². The zero-order valence-corrected chi connectivity index (χ0v) is 10.6. The average Bonchev–Trinajstić information content (AvgIpc) is 3.02. The first-order valence-electron chi connectivity index (χ1n) is 5.44. The van der Waals surface area contributed by atoms with Crippen molar-refractivity contribution in [1.29, 1.82) is 0 Å². The molecule has 0 aromatic carbocycles. The lowest BCUT2D eigenvalue weighted by Crippen LogP contribution is -2.07. The Morgan fingerprint density at radius 3 is 3.00 bits per heavy atom. The second-order valence-electron chi connectivity index (χ2n) is 3.92. The van der Waals surface area contributed by atoms with Crippen LogP contribution in [0.2, 0.25) is 0 Å². The molecule has 0 atom stereocenters. The highest BCUT2D eigenvalue weighted by Gasteiger charge is 2.10. The van der Waals surface area contributed by atoms with Crippen LogP contribution in [-0.4, -0.2) is 24.5 Å². The molecule has 3 aromatic heterocycles. The van der Waals surface area contributed by atoms with Crippen molar-refractivity contribution in [2.75, 3.05) is 5.73 Å². The summed E-state index contributed by atoms with van der Waals surface area (Å²) in [5.74, 6) is 1.60. The Hall–Kier alpha value is -2.15. The fourth-order valence-electron chi connectivity index (χ4n) is 1.68. The first-order valence-corrected chi connectivity index (χ1v) is 6.32. The summed E-state index contributed by atoms with van der Waals surface area (Å²) in [5, 5.41) is 10.6. The molecule has 7 heteroatoms. The Morgan fingerprint density at radius 2 is 2.33 bits per heavy atom. The summed E-state index contributed by atoms with van der Waals surface area (Å²) >= 11 is 1.63. The van der Waals surface area contributed by atoms with Gasteiger partial charge in [0.15, 0.2) is 5.82 Å². The average molecular weight is 260 g/mol. The summed E-state index contributed by atoms with van der Waals surface area (Å²) in [6, 6.07) is 4.00. The quantitative estimate of drug-likeness (QED) is 0.771. The Labute approximate surface area is 108 Å².